The summed E-state index contributed by atoms with van der Waals surface area (Å²) in [6, 6.07) is 8.22. The molecule has 0 heterocycles. The van der Waals surface area contributed by atoms with Crippen molar-refractivity contribution in [3.05, 3.63) is 35.9 Å². The molecular weight excluding hydrogens is 584 g/mol. The predicted molar refractivity (Wildman–Crippen MR) is 183 cm³/mol. The molecule has 1 rings (SSSR count). The maximum Gasteiger partial charge on any atom is 0.308 e. The zero-order valence-corrected chi connectivity index (χ0v) is 29.0. The van der Waals surface area contributed by atoms with Crippen LogP contribution in [0, 0.1) is 0 Å². The van der Waals surface area contributed by atoms with Crippen molar-refractivity contribution in [2.24, 2.45) is 0 Å². The van der Waals surface area contributed by atoms with Crippen LogP contribution in [0.3, 0.4) is 0 Å². The van der Waals surface area contributed by atoms with E-state index < -0.39 is 23.8 Å². The van der Waals surface area contributed by atoms with Gasteiger partial charge in [0.15, 0.2) is 0 Å². The normalized spacial score (nSPS) is 11.7. The standard InChI is InChI=1S/C37H64N2O7/c1-3-5-7-9-11-13-15-20-25-43-27-24-38-37(42)34(30-36(41)46-31-33-22-18-17-19-23-33)39-35(40)32-45-29-28-44-26-21-16-14-12-10-8-6-4-2/h17-19,22-23,34H,3-16,20-21,24-32H2,1-2H3,(H,38,42)(H,39,40). The number of rotatable bonds is 32. The highest BCUT2D eigenvalue weighted by atomic mass is 16.5. The monoisotopic (exact) mass is 648 g/mol. The van der Waals surface area contributed by atoms with Gasteiger partial charge in [0.05, 0.1) is 26.2 Å². The van der Waals surface area contributed by atoms with Crippen LogP contribution in [0.2, 0.25) is 0 Å². The number of carbonyl (C=O) groups excluding carboxylic acids is 3. The molecule has 46 heavy (non-hydrogen) atoms. The molecule has 2 N–H and O–H groups in total. The highest BCUT2D eigenvalue weighted by Crippen LogP contribution is 2.09. The lowest BCUT2D eigenvalue weighted by atomic mass is 10.1. The van der Waals surface area contributed by atoms with E-state index in [9.17, 15) is 14.4 Å². The summed E-state index contributed by atoms with van der Waals surface area (Å²) in [5.74, 6) is -1.52. The molecule has 0 spiro atoms. The topological polar surface area (TPSA) is 112 Å². The van der Waals surface area contributed by atoms with Crippen molar-refractivity contribution < 1.29 is 33.3 Å². The summed E-state index contributed by atoms with van der Waals surface area (Å²) in [7, 11) is 0. The van der Waals surface area contributed by atoms with Gasteiger partial charge in [-0.3, -0.25) is 14.4 Å². The summed E-state index contributed by atoms with van der Waals surface area (Å²) < 4.78 is 22.1. The number of unbranched alkanes of at least 4 members (excludes halogenated alkanes) is 14. The van der Waals surface area contributed by atoms with E-state index in [2.05, 4.69) is 24.5 Å². The fourth-order valence-electron chi connectivity index (χ4n) is 4.94. The van der Waals surface area contributed by atoms with Gasteiger partial charge >= 0.3 is 5.97 Å². The fourth-order valence-corrected chi connectivity index (χ4v) is 4.94. The molecule has 2 amide bonds. The molecule has 9 nitrogen and oxygen atoms in total. The molecule has 0 radical (unpaired) electrons. The Labute approximate surface area is 279 Å². The van der Waals surface area contributed by atoms with Crippen molar-refractivity contribution in [3.63, 3.8) is 0 Å². The third-order valence-electron chi connectivity index (χ3n) is 7.70. The quantitative estimate of drug-likeness (QED) is 0.0636. The van der Waals surface area contributed by atoms with E-state index in [4.69, 9.17) is 18.9 Å². The molecule has 0 fully saturated rings. The minimum atomic E-state index is -1.08. The largest absolute Gasteiger partial charge is 0.461 e. The highest BCUT2D eigenvalue weighted by molar-refractivity contribution is 5.91. The maximum atomic E-state index is 12.9. The zero-order chi connectivity index (χ0) is 33.3. The van der Waals surface area contributed by atoms with E-state index in [0.29, 0.717) is 26.4 Å². The van der Waals surface area contributed by atoms with Gasteiger partial charge < -0.3 is 29.6 Å². The molecule has 0 bridgehead atoms. The van der Waals surface area contributed by atoms with Crippen LogP contribution in [0.25, 0.3) is 0 Å². The summed E-state index contributed by atoms with van der Waals surface area (Å²) in [6.07, 6.45) is 19.5. The predicted octanol–water partition coefficient (Wildman–Crippen LogP) is 7.05. The van der Waals surface area contributed by atoms with E-state index in [1.165, 1.54) is 77.0 Å². The average molecular weight is 649 g/mol. The van der Waals surface area contributed by atoms with Gasteiger partial charge in [-0.05, 0) is 18.4 Å². The van der Waals surface area contributed by atoms with Crippen LogP contribution in [-0.2, 0) is 39.9 Å². The van der Waals surface area contributed by atoms with Crippen LogP contribution >= 0.6 is 0 Å². The summed E-state index contributed by atoms with van der Waals surface area (Å²) in [4.78, 5) is 38.0. The van der Waals surface area contributed by atoms with Gasteiger partial charge in [-0.15, -0.1) is 0 Å². The number of esters is 1. The molecule has 0 saturated carbocycles. The minimum absolute atomic E-state index is 0.0939. The van der Waals surface area contributed by atoms with Crippen molar-refractivity contribution in [1.82, 2.24) is 10.6 Å². The molecule has 264 valence electrons. The zero-order valence-electron chi connectivity index (χ0n) is 29.0. The van der Waals surface area contributed by atoms with Gasteiger partial charge in [0, 0.05) is 19.8 Å². The number of ether oxygens (including phenoxy) is 4. The van der Waals surface area contributed by atoms with E-state index in [-0.39, 0.29) is 32.8 Å². The summed E-state index contributed by atoms with van der Waals surface area (Å²) in [6.45, 7) is 6.98. The van der Waals surface area contributed by atoms with E-state index in [1.807, 2.05) is 30.3 Å². The van der Waals surface area contributed by atoms with E-state index >= 15 is 0 Å². The minimum Gasteiger partial charge on any atom is -0.461 e. The number of hydrogen-bond donors (Lipinski definition) is 2. The Kier molecular flexibility index (Phi) is 28.1. The van der Waals surface area contributed by atoms with Crippen LogP contribution in [0.15, 0.2) is 30.3 Å². The first-order valence-electron chi connectivity index (χ1n) is 18.1. The fraction of sp³-hybridized carbons (Fsp3) is 0.757. The van der Waals surface area contributed by atoms with Gasteiger partial charge in [0.2, 0.25) is 11.8 Å². The van der Waals surface area contributed by atoms with Crippen molar-refractivity contribution in [2.45, 2.75) is 136 Å². The second kappa shape index (κ2) is 31.1. The summed E-state index contributed by atoms with van der Waals surface area (Å²) in [5, 5.41) is 5.39. The Hall–Kier alpha value is -2.49. The Balaban J connectivity index is 2.30. The molecule has 0 aliphatic rings. The van der Waals surface area contributed by atoms with Gasteiger partial charge in [-0.2, -0.15) is 0 Å². The Morgan fingerprint density at radius 2 is 1.15 bits per heavy atom. The Morgan fingerprint density at radius 3 is 1.74 bits per heavy atom. The van der Waals surface area contributed by atoms with E-state index in [1.54, 1.807) is 0 Å². The lowest BCUT2D eigenvalue weighted by Gasteiger charge is -2.18. The average Bonchev–Trinajstić information content (AvgIpc) is 3.06. The van der Waals surface area contributed by atoms with Crippen molar-refractivity contribution in [3.8, 4) is 0 Å². The van der Waals surface area contributed by atoms with Gasteiger partial charge in [0.1, 0.15) is 19.3 Å². The third kappa shape index (κ3) is 25.7. The first-order chi connectivity index (χ1) is 22.6. The lowest BCUT2D eigenvalue weighted by molar-refractivity contribution is -0.147. The number of hydrogen-bond acceptors (Lipinski definition) is 7. The van der Waals surface area contributed by atoms with Gasteiger partial charge in [-0.25, -0.2) is 0 Å². The van der Waals surface area contributed by atoms with Gasteiger partial charge in [-0.1, -0.05) is 134 Å². The molecule has 1 aromatic rings. The Morgan fingerprint density at radius 1 is 0.630 bits per heavy atom. The maximum absolute atomic E-state index is 12.9. The van der Waals surface area contributed by atoms with E-state index in [0.717, 1.165) is 31.2 Å². The van der Waals surface area contributed by atoms with Crippen LogP contribution in [0.1, 0.15) is 129 Å². The van der Waals surface area contributed by atoms with Crippen LogP contribution in [0.5, 0.6) is 0 Å². The second-order valence-electron chi connectivity index (χ2n) is 12.0. The van der Waals surface area contributed by atoms with Gasteiger partial charge in [0.25, 0.3) is 0 Å². The lowest BCUT2D eigenvalue weighted by Crippen LogP contribution is -2.49. The van der Waals surface area contributed by atoms with Crippen molar-refractivity contribution >= 4 is 17.8 Å². The molecule has 1 unspecified atom stereocenters. The number of amides is 2. The van der Waals surface area contributed by atoms with Crippen molar-refractivity contribution in [2.75, 3.05) is 46.2 Å². The highest BCUT2D eigenvalue weighted by Gasteiger charge is 2.24. The third-order valence-corrected chi connectivity index (χ3v) is 7.70. The summed E-state index contributed by atoms with van der Waals surface area (Å²) in [5.41, 5.74) is 0.840. The second-order valence-corrected chi connectivity index (χ2v) is 12.0. The summed E-state index contributed by atoms with van der Waals surface area (Å²) >= 11 is 0. The van der Waals surface area contributed by atoms with Crippen LogP contribution < -0.4 is 10.6 Å². The molecular formula is C37H64N2O7. The molecule has 0 aliphatic carbocycles. The van der Waals surface area contributed by atoms with Crippen LogP contribution in [-0.4, -0.2) is 70.0 Å². The first kappa shape index (κ1) is 41.5. The molecule has 1 atom stereocenters. The van der Waals surface area contributed by atoms with Crippen LogP contribution in [0.4, 0.5) is 0 Å². The number of carbonyl (C=O) groups is 3. The number of nitrogens with one attached hydrogen (secondary N) is 2. The number of benzene rings is 1. The SMILES string of the molecule is CCCCCCCCCCOCCNC(=O)C(CC(=O)OCc1ccccc1)NC(=O)COCCOCCCCCCCCCC. The molecule has 0 aromatic heterocycles. The smallest absolute Gasteiger partial charge is 0.308 e. The molecule has 0 aliphatic heterocycles. The molecule has 9 heteroatoms. The first-order valence-corrected chi connectivity index (χ1v) is 18.1. The van der Waals surface area contributed by atoms with Crippen molar-refractivity contribution in [1.29, 1.82) is 0 Å². The molecule has 1 aromatic carbocycles. The molecule has 0 saturated heterocycles. The Bertz CT molecular complexity index is 869.